The molecule has 0 aromatic heterocycles. The molecule has 1 N–H and O–H groups in total. The summed E-state index contributed by atoms with van der Waals surface area (Å²) in [6.45, 7) is 4.01. The van der Waals surface area contributed by atoms with Gasteiger partial charge >= 0.3 is 0 Å². The maximum absolute atomic E-state index is 3.45. The van der Waals surface area contributed by atoms with Crippen molar-refractivity contribution in [1.82, 2.24) is 10.2 Å². The number of nitrogens with zero attached hydrogens (tertiary/aromatic N) is 1. The van der Waals surface area contributed by atoms with Crippen molar-refractivity contribution in [2.24, 2.45) is 0 Å². The fourth-order valence-corrected chi connectivity index (χ4v) is 2.15. The van der Waals surface area contributed by atoms with E-state index in [2.05, 4.69) is 17.3 Å². The molecule has 0 amide bonds. The molecule has 2 rings (SSSR count). The number of hydrogen-bond acceptors (Lipinski definition) is 2. The van der Waals surface area contributed by atoms with Crippen molar-refractivity contribution in [2.75, 3.05) is 26.7 Å². The highest BCUT2D eigenvalue weighted by molar-refractivity contribution is 5.01. The summed E-state index contributed by atoms with van der Waals surface area (Å²) in [6.07, 6.45) is 7.01. The van der Waals surface area contributed by atoms with Crippen LogP contribution in [0.3, 0.4) is 0 Å². The van der Waals surface area contributed by atoms with E-state index in [-0.39, 0.29) is 0 Å². The highest BCUT2D eigenvalue weighted by atomic mass is 15.1. The van der Waals surface area contributed by atoms with Crippen LogP contribution >= 0.6 is 0 Å². The zero-order valence-electron chi connectivity index (χ0n) is 8.10. The molecule has 0 radical (unpaired) electrons. The van der Waals surface area contributed by atoms with Crippen molar-refractivity contribution in [1.29, 1.82) is 0 Å². The van der Waals surface area contributed by atoms with Gasteiger partial charge in [0.05, 0.1) is 0 Å². The Bertz CT molecular complexity index is 146. The molecule has 1 heterocycles. The zero-order chi connectivity index (χ0) is 8.44. The summed E-state index contributed by atoms with van der Waals surface area (Å²) in [4.78, 5) is 2.61. The van der Waals surface area contributed by atoms with Crippen LogP contribution in [0.1, 0.15) is 32.1 Å². The Morgan fingerprint density at radius 3 is 2.42 bits per heavy atom. The van der Waals surface area contributed by atoms with Crippen LogP contribution in [0.25, 0.3) is 0 Å². The number of nitrogens with one attached hydrogen (secondary N) is 1. The third-order valence-electron chi connectivity index (χ3n) is 3.49. The molecule has 2 fully saturated rings. The van der Waals surface area contributed by atoms with E-state index in [1.54, 1.807) is 0 Å². The average Bonchev–Trinajstić information content (AvgIpc) is 2.70. The SMILES string of the molecule is CNC1(CCN2CCCC2)CC1. The van der Waals surface area contributed by atoms with Crippen molar-refractivity contribution in [3.8, 4) is 0 Å². The second kappa shape index (κ2) is 3.35. The fourth-order valence-electron chi connectivity index (χ4n) is 2.15. The molecule has 0 aromatic rings. The van der Waals surface area contributed by atoms with E-state index in [1.165, 1.54) is 51.7 Å². The summed E-state index contributed by atoms with van der Waals surface area (Å²) in [5.74, 6) is 0. The van der Waals surface area contributed by atoms with E-state index in [0.29, 0.717) is 5.54 Å². The summed E-state index contributed by atoms with van der Waals surface area (Å²) < 4.78 is 0. The van der Waals surface area contributed by atoms with Crippen molar-refractivity contribution < 1.29 is 0 Å². The van der Waals surface area contributed by atoms with Crippen molar-refractivity contribution >= 4 is 0 Å². The standard InChI is InChI=1S/C10H20N2/c1-11-10(4-5-10)6-9-12-7-2-3-8-12/h11H,2-9H2,1H3. The van der Waals surface area contributed by atoms with Gasteiger partial charge in [0.25, 0.3) is 0 Å². The molecule has 0 unspecified atom stereocenters. The van der Waals surface area contributed by atoms with Gasteiger partial charge in [-0.15, -0.1) is 0 Å². The minimum atomic E-state index is 0.558. The van der Waals surface area contributed by atoms with E-state index in [4.69, 9.17) is 0 Å². The van der Waals surface area contributed by atoms with Gasteiger partial charge in [-0.05, 0) is 58.8 Å². The highest BCUT2D eigenvalue weighted by Crippen LogP contribution is 2.38. The lowest BCUT2D eigenvalue weighted by atomic mass is 10.2. The summed E-state index contributed by atoms with van der Waals surface area (Å²) in [7, 11) is 2.11. The monoisotopic (exact) mass is 168 g/mol. The van der Waals surface area contributed by atoms with Gasteiger partial charge in [-0.25, -0.2) is 0 Å². The molecule has 12 heavy (non-hydrogen) atoms. The van der Waals surface area contributed by atoms with Gasteiger partial charge in [0.2, 0.25) is 0 Å². The molecule has 1 saturated heterocycles. The second-order valence-electron chi connectivity index (χ2n) is 4.33. The maximum atomic E-state index is 3.45. The molecule has 1 saturated carbocycles. The summed E-state index contributed by atoms with van der Waals surface area (Å²) in [5.41, 5.74) is 0.558. The minimum absolute atomic E-state index is 0.558. The molecule has 0 aromatic carbocycles. The summed E-state index contributed by atoms with van der Waals surface area (Å²) in [5, 5.41) is 3.45. The Morgan fingerprint density at radius 1 is 1.25 bits per heavy atom. The minimum Gasteiger partial charge on any atom is -0.314 e. The molecule has 1 aliphatic heterocycles. The molecular formula is C10H20N2. The quantitative estimate of drug-likeness (QED) is 0.679. The van der Waals surface area contributed by atoms with Gasteiger partial charge in [0.15, 0.2) is 0 Å². The Balaban J connectivity index is 1.67. The van der Waals surface area contributed by atoms with Gasteiger partial charge in [0.1, 0.15) is 0 Å². The average molecular weight is 168 g/mol. The Hall–Kier alpha value is -0.0800. The van der Waals surface area contributed by atoms with Gasteiger partial charge in [0, 0.05) is 5.54 Å². The second-order valence-corrected chi connectivity index (χ2v) is 4.33. The molecule has 2 nitrogen and oxygen atoms in total. The Labute approximate surface area is 75.3 Å². The fraction of sp³-hybridized carbons (Fsp3) is 1.00. The van der Waals surface area contributed by atoms with Crippen LogP contribution in [-0.4, -0.2) is 37.1 Å². The molecule has 2 aliphatic rings. The first kappa shape index (κ1) is 8.52. The van der Waals surface area contributed by atoms with E-state index < -0.39 is 0 Å². The van der Waals surface area contributed by atoms with Crippen molar-refractivity contribution in [2.45, 2.75) is 37.6 Å². The van der Waals surface area contributed by atoms with E-state index in [0.717, 1.165) is 0 Å². The first-order valence-electron chi connectivity index (χ1n) is 5.26. The normalized spacial score (nSPS) is 27.8. The van der Waals surface area contributed by atoms with Gasteiger partial charge in [-0.2, -0.15) is 0 Å². The lowest BCUT2D eigenvalue weighted by Gasteiger charge is -2.19. The van der Waals surface area contributed by atoms with Crippen LogP contribution in [0, 0.1) is 0 Å². The van der Waals surface area contributed by atoms with Crippen LogP contribution in [0.2, 0.25) is 0 Å². The third kappa shape index (κ3) is 1.80. The van der Waals surface area contributed by atoms with Crippen molar-refractivity contribution in [3.63, 3.8) is 0 Å². The van der Waals surface area contributed by atoms with Crippen molar-refractivity contribution in [3.05, 3.63) is 0 Å². The first-order chi connectivity index (χ1) is 5.85. The lowest BCUT2D eigenvalue weighted by molar-refractivity contribution is 0.307. The number of rotatable bonds is 4. The van der Waals surface area contributed by atoms with Crippen LogP contribution in [0.5, 0.6) is 0 Å². The molecule has 1 aliphatic carbocycles. The molecule has 70 valence electrons. The van der Waals surface area contributed by atoms with E-state index in [9.17, 15) is 0 Å². The van der Waals surface area contributed by atoms with Crippen LogP contribution in [0.15, 0.2) is 0 Å². The van der Waals surface area contributed by atoms with E-state index in [1.807, 2.05) is 0 Å². The van der Waals surface area contributed by atoms with Crippen LogP contribution in [0.4, 0.5) is 0 Å². The largest absolute Gasteiger partial charge is 0.314 e. The van der Waals surface area contributed by atoms with Crippen LogP contribution in [-0.2, 0) is 0 Å². The number of likely N-dealkylation sites (tertiary alicyclic amines) is 1. The summed E-state index contributed by atoms with van der Waals surface area (Å²) >= 11 is 0. The Kier molecular flexibility index (Phi) is 2.37. The highest BCUT2D eigenvalue weighted by Gasteiger charge is 2.40. The zero-order valence-corrected chi connectivity index (χ0v) is 8.10. The Morgan fingerprint density at radius 2 is 1.92 bits per heavy atom. The lowest BCUT2D eigenvalue weighted by Crippen LogP contribution is -2.32. The summed E-state index contributed by atoms with van der Waals surface area (Å²) in [6, 6.07) is 0. The molecule has 0 bridgehead atoms. The third-order valence-corrected chi connectivity index (χ3v) is 3.49. The van der Waals surface area contributed by atoms with Gasteiger partial charge in [-0.3, -0.25) is 0 Å². The van der Waals surface area contributed by atoms with Gasteiger partial charge < -0.3 is 10.2 Å². The molecule has 0 spiro atoms. The van der Waals surface area contributed by atoms with Gasteiger partial charge in [-0.1, -0.05) is 0 Å². The predicted octanol–water partition coefficient (Wildman–Crippen LogP) is 1.22. The number of hydrogen-bond donors (Lipinski definition) is 1. The first-order valence-corrected chi connectivity index (χ1v) is 5.26. The maximum Gasteiger partial charge on any atom is 0.0192 e. The van der Waals surface area contributed by atoms with Crippen LogP contribution < -0.4 is 5.32 Å². The smallest absolute Gasteiger partial charge is 0.0192 e. The molecular weight excluding hydrogens is 148 g/mol. The van der Waals surface area contributed by atoms with E-state index >= 15 is 0 Å². The predicted molar refractivity (Wildman–Crippen MR) is 51.3 cm³/mol. The topological polar surface area (TPSA) is 15.3 Å². The molecule has 2 heteroatoms. The molecule has 0 atom stereocenters.